The molecule has 0 rings (SSSR count). The smallest absolute Gasteiger partial charge is 0.108 e. The number of rotatable bonds is 2. The van der Waals surface area contributed by atoms with Crippen LogP contribution in [-0.2, 0) is 4.74 Å². The summed E-state index contributed by atoms with van der Waals surface area (Å²) in [6, 6.07) is 0. The predicted molar refractivity (Wildman–Crippen MR) is 41.4 cm³/mol. The second kappa shape index (κ2) is 8.04. The zero-order chi connectivity index (χ0) is 7.66. The molecule has 0 aliphatic rings. The lowest BCUT2D eigenvalue weighted by atomic mass is 10.5. The Morgan fingerprint density at radius 3 is 2.60 bits per heavy atom. The van der Waals surface area contributed by atoms with Crippen LogP contribution in [0.4, 0.5) is 0 Å². The molecule has 0 atom stereocenters. The largest absolute Gasteiger partial charge is 0.372 e. The van der Waals surface area contributed by atoms with Gasteiger partial charge in [-0.25, -0.2) is 0 Å². The minimum absolute atomic E-state index is 0.453. The third-order valence-electron chi connectivity index (χ3n) is 0.721. The summed E-state index contributed by atoms with van der Waals surface area (Å²) in [5.41, 5.74) is 0. The Labute approximate surface area is 62.0 Å². The van der Waals surface area contributed by atoms with Crippen LogP contribution in [0.2, 0.25) is 0 Å². The zero-order valence-corrected chi connectivity index (χ0v) is 6.32. The molecule has 0 spiro atoms. The van der Waals surface area contributed by atoms with Crippen molar-refractivity contribution < 1.29 is 4.74 Å². The van der Waals surface area contributed by atoms with E-state index in [1.165, 1.54) is 0 Å². The van der Waals surface area contributed by atoms with Crippen molar-refractivity contribution in [2.24, 2.45) is 0 Å². The van der Waals surface area contributed by atoms with Gasteiger partial charge in [-0.05, 0) is 18.9 Å². The maximum Gasteiger partial charge on any atom is 0.108 e. The van der Waals surface area contributed by atoms with Crippen LogP contribution in [0.1, 0.15) is 0 Å². The zero-order valence-electron chi connectivity index (χ0n) is 6.32. The first kappa shape index (κ1) is 9.04. The highest BCUT2D eigenvalue weighted by Gasteiger charge is 1.65. The molecular formula is C8H11NO. The van der Waals surface area contributed by atoms with Gasteiger partial charge in [0.05, 0.1) is 6.54 Å². The molecular weight excluding hydrogens is 126 g/mol. The van der Waals surface area contributed by atoms with Crippen LogP contribution in [0.25, 0.3) is 0 Å². The molecule has 10 heavy (non-hydrogen) atoms. The first-order chi connectivity index (χ1) is 4.91. The molecule has 0 aromatic rings. The maximum absolute atomic E-state index is 4.69. The van der Waals surface area contributed by atoms with Crippen LogP contribution in [0.15, 0.2) is 0 Å². The minimum Gasteiger partial charge on any atom is -0.372 e. The van der Waals surface area contributed by atoms with Gasteiger partial charge in [0.1, 0.15) is 6.61 Å². The fraction of sp³-hybridized carbons (Fsp3) is 0.500. The van der Waals surface area contributed by atoms with E-state index in [-0.39, 0.29) is 0 Å². The van der Waals surface area contributed by atoms with E-state index in [1.807, 2.05) is 7.05 Å². The Morgan fingerprint density at radius 2 is 2.00 bits per heavy atom. The van der Waals surface area contributed by atoms with Crippen LogP contribution in [0.3, 0.4) is 0 Å². The number of hydrogen-bond acceptors (Lipinski definition) is 2. The summed E-state index contributed by atoms with van der Waals surface area (Å²) >= 11 is 0. The van der Waals surface area contributed by atoms with Gasteiger partial charge in [0.15, 0.2) is 0 Å². The number of methoxy groups -OCH3 is 1. The molecule has 0 heterocycles. The van der Waals surface area contributed by atoms with Gasteiger partial charge in [-0.2, -0.15) is 0 Å². The number of nitrogens with one attached hydrogen (secondary N) is 1. The third kappa shape index (κ3) is 7.04. The van der Waals surface area contributed by atoms with Crippen LogP contribution < -0.4 is 5.32 Å². The molecule has 0 aliphatic carbocycles. The molecule has 0 unspecified atom stereocenters. The van der Waals surface area contributed by atoms with Crippen molar-refractivity contribution in [3.8, 4) is 23.7 Å². The average molecular weight is 137 g/mol. The Kier molecular flexibility index (Phi) is 7.27. The Balaban J connectivity index is 3.36. The van der Waals surface area contributed by atoms with Crippen molar-refractivity contribution in [2.45, 2.75) is 0 Å². The second-order valence-electron chi connectivity index (χ2n) is 1.57. The highest BCUT2D eigenvalue weighted by molar-refractivity contribution is 5.26. The molecule has 0 aromatic heterocycles. The molecule has 0 bridgehead atoms. The number of ether oxygens (including phenoxy) is 1. The molecule has 2 heteroatoms. The van der Waals surface area contributed by atoms with Crippen molar-refractivity contribution in [3.63, 3.8) is 0 Å². The molecule has 0 saturated carbocycles. The SMILES string of the molecule is CNCC#CC#CCOC. The Morgan fingerprint density at radius 1 is 1.30 bits per heavy atom. The Bertz CT molecular complexity index is 155. The molecule has 0 radical (unpaired) electrons. The second-order valence-corrected chi connectivity index (χ2v) is 1.57. The van der Waals surface area contributed by atoms with Gasteiger partial charge >= 0.3 is 0 Å². The molecule has 2 nitrogen and oxygen atoms in total. The van der Waals surface area contributed by atoms with Gasteiger partial charge < -0.3 is 10.1 Å². The van der Waals surface area contributed by atoms with Gasteiger partial charge in [0.2, 0.25) is 0 Å². The Hall–Kier alpha value is -0.960. The summed E-state index contributed by atoms with van der Waals surface area (Å²) in [6.07, 6.45) is 0. The predicted octanol–water partition coefficient (Wildman–Crippen LogP) is -0.141. The first-order valence-corrected chi connectivity index (χ1v) is 3.01. The van der Waals surface area contributed by atoms with Crippen LogP contribution in [0, 0.1) is 23.7 Å². The van der Waals surface area contributed by atoms with E-state index in [4.69, 9.17) is 4.74 Å². The fourth-order valence-corrected chi connectivity index (χ4v) is 0.329. The molecule has 0 aromatic carbocycles. The summed E-state index contributed by atoms with van der Waals surface area (Å²) in [5, 5.41) is 2.89. The quantitative estimate of drug-likeness (QED) is 0.535. The van der Waals surface area contributed by atoms with E-state index >= 15 is 0 Å². The van der Waals surface area contributed by atoms with Crippen molar-refractivity contribution in [1.82, 2.24) is 5.32 Å². The van der Waals surface area contributed by atoms with E-state index < -0.39 is 0 Å². The van der Waals surface area contributed by atoms with E-state index in [9.17, 15) is 0 Å². The lowest BCUT2D eigenvalue weighted by molar-refractivity contribution is 0.240. The van der Waals surface area contributed by atoms with E-state index in [0.717, 1.165) is 0 Å². The maximum atomic E-state index is 4.69. The number of hydrogen-bond donors (Lipinski definition) is 1. The molecule has 0 amide bonds. The van der Waals surface area contributed by atoms with E-state index in [0.29, 0.717) is 13.2 Å². The fourth-order valence-electron chi connectivity index (χ4n) is 0.329. The van der Waals surface area contributed by atoms with Gasteiger partial charge in [-0.1, -0.05) is 11.8 Å². The summed E-state index contributed by atoms with van der Waals surface area (Å²) in [4.78, 5) is 0. The van der Waals surface area contributed by atoms with Crippen molar-refractivity contribution in [3.05, 3.63) is 0 Å². The monoisotopic (exact) mass is 137 g/mol. The highest BCUT2D eigenvalue weighted by Crippen LogP contribution is 1.60. The van der Waals surface area contributed by atoms with Gasteiger partial charge in [0, 0.05) is 7.11 Å². The molecule has 0 fully saturated rings. The van der Waals surface area contributed by atoms with Crippen LogP contribution in [-0.4, -0.2) is 27.3 Å². The van der Waals surface area contributed by atoms with Crippen LogP contribution >= 0.6 is 0 Å². The van der Waals surface area contributed by atoms with Crippen molar-refractivity contribution in [2.75, 3.05) is 27.3 Å². The van der Waals surface area contributed by atoms with Crippen molar-refractivity contribution >= 4 is 0 Å². The molecule has 54 valence electrons. The van der Waals surface area contributed by atoms with E-state index in [1.54, 1.807) is 7.11 Å². The summed E-state index contributed by atoms with van der Waals surface area (Å²) in [5.74, 6) is 10.8. The summed E-state index contributed by atoms with van der Waals surface area (Å²) in [6.45, 7) is 1.13. The summed E-state index contributed by atoms with van der Waals surface area (Å²) in [7, 11) is 3.45. The molecule has 0 aliphatic heterocycles. The third-order valence-corrected chi connectivity index (χ3v) is 0.721. The standard InChI is InChI=1S/C8H11NO/c1-9-7-5-3-4-6-8-10-2/h9H,7-8H2,1-2H3. The first-order valence-electron chi connectivity index (χ1n) is 3.01. The molecule has 1 N–H and O–H groups in total. The lowest BCUT2D eigenvalue weighted by Gasteiger charge is -1.79. The molecule has 0 saturated heterocycles. The van der Waals surface area contributed by atoms with Crippen LogP contribution in [0.5, 0.6) is 0 Å². The normalized spacial score (nSPS) is 7.00. The summed E-state index contributed by atoms with van der Waals surface area (Å²) < 4.78 is 4.69. The van der Waals surface area contributed by atoms with Crippen molar-refractivity contribution in [1.29, 1.82) is 0 Å². The van der Waals surface area contributed by atoms with Gasteiger partial charge in [0.25, 0.3) is 0 Å². The highest BCUT2D eigenvalue weighted by atomic mass is 16.5. The minimum atomic E-state index is 0.453. The van der Waals surface area contributed by atoms with E-state index in [2.05, 4.69) is 29.0 Å². The van der Waals surface area contributed by atoms with Gasteiger partial charge in [-0.15, -0.1) is 0 Å². The topological polar surface area (TPSA) is 21.3 Å². The average Bonchev–Trinajstić information content (AvgIpc) is 1.97. The van der Waals surface area contributed by atoms with Gasteiger partial charge in [-0.3, -0.25) is 0 Å². The lowest BCUT2D eigenvalue weighted by Crippen LogP contribution is -2.04.